The molecule has 0 spiro atoms. The zero-order valence-electron chi connectivity index (χ0n) is 13.3. The molecule has 8 heteroatoms. The third-order valence-corrected chi connectivity index (χ3v) is 4.33. The second-order valence-corrected chi connectivity index (χ2v) is 6.12. The molecule has 1 aromatic rings. The van der Waals surface area contributed by atoms with Gasteiger partial charge in [0.1, 0.15) is 5.82 Å². The third-order valence-electron chi connectivity index (χ3n) is 4.33. The Kier molecular flexibility index (Phi) is 5.82. The van der Waals surface area contributed by atoms with E-state index in [0.717, 1.165) is 18.2 Å². The lowest BCUT2D eigenvalue weighted by molar-refractivity contribution is -0.139. The number of alkyl halides is 3. The van der Waals surface area contributed by atoms with E-state index in [1.165, 1.54) is 0 Å². The Morgan fingerprint density at radius 2 is 1.96 bits per heavy atom. The van der Waals surface area contributed by atoms with Gasteiger partial charge in [0.05, 0.1) is 12.1 Å². The highest BCUT2D eigenvalue weighted by Gasteiger charge is 2.31. The molecule has 0 unspecified atom stereocenters. The van der Waals surface area contributed by atoms with E-state index in [2.05, 4.69) is 0 Å². The molecule has 0 saturated carbocycles. The fourth-order valence-corrected chi connectivity index (χ4v) is 2.97. The Hall–Kier alpha value is -1.67. The van der Waals surface area contributed by atoms with Crippen LogP contribution in [0, 0.1) is 5.82 Å². The molecule has 0 radical (unpaired) electrons. The van der Waals surface area contributed by atoms with Crippen molar-refractivity contribution in [3.8, 4) is 0 Å². The molecular weight excluding hydrogens is 328 g/mol. The van der Waals surface area contributed by atoms with Crippen molar-refractivity contribution in [1.29, 1.82) is 0 Å². The van der Waals surface area contributed by atoms with Gasteiger partial charge in [0.2, 0.25) is 0 Å². The summed E-state index contributed by atoms with van der Waals surface area (Å²) in [5.74, 6) is -1.54. The van der Waals surface area contributed by atoms with Crippen LogP contribution in [-0.2, 0) is 17.5 Å². The molecule has 1 N–H and O–H groups in total. The zero-order chi connectivity index (χ0) is 17.9. The average molecular weight is 348 g/mol. The monoisotopic (exact) mass is 348 g/mol. The maximum Gasteiger partial charge on any atom is 0.416 e. The number of carboxylic acid groups (broad SMARTS) is 1. The van der Waals surface area contributed by atoms with E-state index in [-0.39, 0.29) is 24.7 Å². The molecule has 0 aromatic heterocycles. The van der Waals surface area contributed by atoms with Crippen LogP contribution < -0.4 is 0 Å². The number of benzene rings is 1. The number of hydrogen-bond acceptors (Lipinski definition) is 3. The van der Waals surface area contributed by atoms with Crippen molar-refractivity contribution in [1.82, 2.24) is 9.80 Å². The maximum absolute atomic E-state index is 13.8. The molecule has 1 aliphatic heterocycles. The normalized spacial score (nSPS) is 17.4. The lowest BCUT2D eigenvalue weighted by Crippen LogP contribution is -2.44. The van der Waals surface area contributed by atoms with Gasteiger partial charge in [0.25, 0.3) is 0 Å². The van der Waals surface area contributed by atoms with E-state index >= 15 is 0 Å². The number of piperidine rings is 1. The lowest BCUT2D eigenvalue weighted by atomic mass is 10.0. The molecule has 0 bridgehead atoms. The third kappa shape index (κ3) is 4.91. The molecule has 1 aromatic carbocycles. The van der Waals surface area contributed by atoms with E-state index < -0.39 is 23.5 Å². The van der Waals surface area contributed by atoms with Gasteiger partial charge in [-0.3, -0.25) is 14.6 Å². The molecule has 0 atom stereocenters. The SMILES string of the molecule is CN(CC(=O)O)C1CCN(Cc2cc(C(F)(F)F)ccc2F)CC1. The van der Waals surface area contributed by atoms with Crippen molar-refractivity contribution in [3.05, 3.63) is 35.1 Å². The summed E-state index contributed by atoms with van der Waals surface area (Å²) < 4.78 is 52.0. The first-order chi connectivity index (χ1) is 11.2. The Labute approximate surface area is 137 Å². The van der Waals surface area contributed by atoms with E-state index in [4.69, 9.17) is 5.11 Å². The number of aliphatic carboxylic acids is 1. The summed E-state index contributed by atoms with van der Waals surface area (Å²) >= 11 is 0. The molecule has 0 amide bonds. The molecular formula is C16H20F4N2O2. The second kappa shape index (κ2) is 7.48. The number of rotatable bonds is 5. The van der Waals surface area contributed by atoms with Gasteiger partial charge in [0, 0.05) is 18.2 Å². The largest absolute Gasteiger partial charge is 0.480 e. The van der Waals surface area contributed by atoms with Gasteiger partial charge >= 0.3 is 12.1 Å². The van der Waals surface area contributed by atoms with Gasteiger partial charge in [-0.25, -0.2) is 4.39 Å². The minimum Gasteiger partial charge on any atom is -0.480 e. The van der Waals surface area contributed by atoms with Crippen LogP contribution in [-0.4, -0.2) is 53.6 Å². The number of carboxylic acids is 1. The minimum absolute atomic E-state index is 0.0298. The standard InChI is InChI=1S/C16H20F4N2O2/c1-21(10-15(23)24)13-4-6-22(7-5-13)9-11-8-12(16(18,19)20)2-3-14(11)17/h2-3,8,13H,4-7,9-10H2,1H3,(H,23,24). The first-order valence-electron chi connectivity index (χ1n) is 7.67. The molecule has 24 heavy (non-hydrogen) atoms. The van der Waals surface area contributed by atoms with Crippen molar-refractivity contribution in [2.45, 2.75) is 31.6 Å². The first kappa shape index (κ1) is 18.7. The van der Waals surface area contributed by atoms with Gasteiger partial charge in [0.15, 0.2) is 0 Å². The molecule has 0 aliphatic carbocycles. The number of nitrogens with zero attached hydrogens (tertiary/aromatic N) is 2. The first-order valence-corrected chi connectivity index (χ1v) is 7.67. The van der Waals surface area contributed by atoms with Crippen molar-refractivity contribution < 1.29 is 27.5 Å². The lowest BCUT2D eigenvalue weighted by Gasteiger charge is -2.36. The van der Waals surface area contributed by atoms with E-state index in [9.17, 15) is 22.4 Å². The van der Waals surface area contributed by atoms with Crippen LogP contribution in [0.3, 0.4) is 0 Å². The Morgan fingerprint density at radius 1 is 1.33 bits per heavy atom. The number of carbonyl (C=O) groups is 1. The van der Waals surface area contributed by atoms with Crippen LogP contribution in [0.5, 0.6) is 0 Å². The Morgan fingerprint density at radius 3 is 2.50 bits per heavy atom. The summed E-state index contributed by atoms with van der Waals surface area (Å²) in [5, 5.41) is 8.80. The van der Waals surface area contributed by atoms with Gasteiger partial charge in [-0.05, 0) is 51.2 Å². The van der Waals surface area contributed by atoms with Crippen LogP contribution >= 0.6 is 0 Å². The van der Waals surface area contributed by atoms with E-state index in [0.29, 0.717) is 25.9 Å². The van der Waals surface area contributed by atoms with Crippen LogP contribution in [0.2, 0.25) is 0 Å². The Balaban J connectivity index is 1.95. The molecule has 1 aliphatic rings. The summed E-state index contributed by atoms with van der Waals surface area (Å²) in [4.78, 5) is 14.4. The average Bonchev–Trinajstić information content (AvgIpc) is 2.48. The fourth-order valence-electron chi connectivity index (χ4n) is 2.97. The highest BCUT2D eigenvalue weighted by Crippen LogP contribution is 2.31. The van der Waals surface area contributed by atoms with Gasteiger partial charge < -0.3 is 5.11 Å². The summed E-state index contributed by atoms with van der Waals surface area (Å²) in [6, 6.07) is 2.57. The number of hydrogen-bond donors (Lipinski definition) is 1. The van der Waals surface area contributed by atoms with Crippen molar-refractivity contribution in [2.24, 2.45) is 0 Å². The zero-order valence-corrected chi connectivity index (χ0v) is 13.3. The highest BCUT2D eigenvalue weighted by atomic mass is 19.4. The van der Waals surface area contributed by atoms with Crippen LogP contribution in [0.1, 0.15) is 24.0 Å². The smallest absolute Gasteiger partial charge is 0.416 e. The molecule has 4 nitrogen and oxygen atoms in total. The van der Waals surface area contributed by atoms with Crippen LogP contribution in [0.4, 0.5) is 17.6 Å². The van der Waals surface area contributed by atoms with Crippen molar-refractivity contribution in [2.75, 3.05) is 26.7 Å². The summed E-state index contributed by atoms with van der Waals surface area (Å²) in [5.41, 5.74) is -0.822. The topological polar surface area (TPSA) is 43.8 Å². The van der Waals surface area contributed by atoms with Crippen LogP contribution in [0.25, 0.3) is 0 Å². The minimum atomic E-state index is -4.49. The van der Waals surface area contributed by atoms with Gasteiger partial charge in [-0.1, -0.05) is 0 Å². The molecule has 1 saturated heterocycles. The predicted octanol–water partition coefficient (Wildman–Crippen LogP) is 2.83. The number of likely N-dealkylation sites (N-methyl/N-ethyl adjacent to an activating group) is 1. The number of halogens is 4. The molecule has 134 valence electrons. The number of likely N-dealkylation sites (tertiary alicyclic amines) is 1. The summed E-state index contributed by atoms with van der Waals surface area (Å²) in [7, 11) is 1.74. The summed E-state index contributed by atoms with van der Waals surface area (Å²) in [6.45, 7) is 1.24. The molecule has 2 rings (SSSR count). The highest BCUT2D eigenvalue weighted by molar-refractivity contribution is 5.69. The quantitative estimate of drug-likeness (QED) is 0.831. The van der Waals surface area contributed by atoms with Gasteiger partial charge in [-0.2, -0.15) is 13.2 Å². The predicted molar refractivity (Wildman–Crippen MR) is 80.0 cm³/mol. The van der Waals surface area contributed by atoms with Crippen molar-refractivity contribution in [3.63, 3.8) is 0 Å². The van der Waals surface area contributed by atoms with E-state index in [1.54, 1.807) is 11.9 Å². The Bertz CT molecular complexity index is 584. The molecule has 1 heterocycles. The van der Waals surface area contributed by atoms with Crippen molar-refractivity contribution >= 4 is 5.97 Å². The molecule has 1 fully saturated rings. The maximum atomic E-state index is 13.8. The fraction of sp³-hybridized carbons (Fsp3) is 0.562. The second-order valence-electron chi connectivity index (χ2n) is 6.12. The summed E-state index contributed by atoms with van der Waals surface area (Å²) in [6.07, 6.45) is -3.09. The van der Waals surface area contributed by atoms with Crippen LogP contribution in [0.15, 0.2) is 18.2 Å². The van der Waals surface area contributed by atoms with E-state index in [1.807, 2.05) is 4.90 Å². The van der Waals surface area contributed by atoms with Gasteiger partial charge in [-0.15, -0.1) is 0 Å².